The van der Waals surface area contributed by atoms with Gasteiger partial charge in [-0.2, -0.15) is 0 Å². The maximum Gasteiger partial charge on any atom is 0.250 e. The van der Waals surface area contributed by atoms with Gasteiger partial charge in [0.25, 0.3) is 5.91 Å². The summed E-state index contributed by atoms with van der Waals surface area (Å²) in [6, 6.07) is 0. The van der Waals surface area contributed by atoms with Crippen molar-refractivity contribution in [3.8, 4) is 0 Å². The number of nitrogens with zero attached hydrogens (tertiary/aromatic N) is 2. The van der Waals surface area contributed by atoms with E-state index in [1.165, 1.54) is 0 Å². The van der Waals surface area contributed by atoms with Crippen molar-refractivity contribution in [1.82, 2.24) is 9.88 Å². The van der Waals surface area contributed by atoms with Crippen LogP contribution in [0.15, 0.2) is 6.20 Å². The highest BCUT2D eigenvalue weighted by atomic mass is 35.5. The maximum absolute atomic E-state index is 11.4. The Morgan fingerprint density at radius 2 is 1.83 bits per heavy atom. The summed E-state index contributed by atoms with van der Waals surface area (Å²) < 4.78 is 0. The van der Waals surface area contributed by atoms with Gasteiger partial charge in [-0.05, 0) is 38.3 Å². The van der Waals surface area contributed by atoms with Crippen molar-refractivity contribution in [2.45, 2.75) is 26.2 Å². The topological polar surface area (TPSA) is 112 Å². The van der Waals surface area contributed by atoms with Crippen LogP contribution in [-0.4, -0.2) is 65.4 Å². The summed E-state index contributed by atoms with van der Waals surface area (Å²) in [6.07, 6.45) is 3.84. The molecule has 8 heteroatoms. The van der Waals surface area contributed by atoms with Gasteiger partial charge in [-0.1, -0.05) is 11.6 Å². The minimum Gasteiger partial charge on any atom is -0.396 e. The predicted molar refractivity (Wildman–Crippen MR) is 95.5 cm³/mol. The normalized spacial score (nSPS) is 11.0. The molecule has 0 spiro atoms. The van der Waals surface area contributed by atoms with Crippen molar-refractivity contribution in [2.24, 2.45) is 5.73 Å². The molecule has 1 heterocycles. The second kappa shape index (κ2) is 11.2. The number of aryl methyl sites for hydroxylation is 1. The lowest BCUT2D eigenvalue weighted by molar-refractivity contribution is 0.0999. The molecule has 1 rings (SSSR count). The molecular formula is C16H27ClN4O3. The molecule has 7 nitrogen and oxygen atoms in total. The van der Waals surface area contributed by atoms with Crippen LogP contribution in [-0.2, 0) is 0 Å². The third-order valence-electron chi connectivity index (χ3n) is 3.66. The first kappa shape index (κ1) is 20.6. The lowest BCUT2D eigenvalue weighted by Gasteiger charge is -2.21. The van der Waals surface area contributed by atoms with E-state index < -0.39 is 5.91 Å². The van der Waals surface area contributed by atoms with Crippen LogP contribution in [0.5, 0.6) is 0 Å². The number of carbonyl (C=O) groups excluding carboxylic acids is 1. The van der Waals surface area contributed by atoms with Gasteiger partial charge in [0.05, 0.1) is 10.6 Å². The molecule has 1 aromatic rings. The Morgan fingerprint density at radius 1 is 1.25 bits per heavy atom. The summed E-state index contributed by atoms with van der Waals surface area (Å²) >= 11 is 6.20. The molecular weight excluding hydrogens is 332 g/mol. The molecule has 0 aliphatic rings. The number of rotatable bonds is 12. The first-order valence-corrected chi connectivity index (χ1v) is 8.51. The third kappa shape index (κ3) is 6.60. The number of primary amides is 1. The fourth-order valence-corrected chi connectivity index (χ4v) is 2.79. The first-order valence-electron chi connectivity index (χ1n) is 8.14. The highest BCUT2D eigenvalue weighted by Gasteiger charge is 2.15. The zero-order valence-electron chi connectivity index (χ0n) is 14.1. The number of pyridine rings is 1. The zero-order valence-corrected chi connectivity index (χ0v) is 14.8. The fraction of sp³-hybridized carbons (Fsp3) is 0.625. The van der Waals surface area contributed by atoms with E-state index >= 15 is 0 Å². The molecule has 0 unspecified atom stereocenters. The van der Waals surface area contributed by atoms with Crippen LogP contribution in [0.1, 0.15) is 35.2 Å². The Labute approximate surface area is 147 Å². The highest BCUT2D eigenvalue weighted by molar-refractivity contribution is 6.36. The van der Waals surface area contributed by atoms with Crippen LogP contribution < -0.4 is 11.1 Å². The van der Waals surface area contributed by atoms with E-state index in [-0.39, 0.29) is 18.2 Å². The Kier molecular flexibility index (Phi) is 9.63. The van der Waals surface area contributed by atoms with Crippen molar-refractivity contribution >= 4 is 23.3 Å². The molecule has 0 bridgehead atoms. The van der Waals surface area contributed by atoms with Crippen molar-refractivity contribution < 1.29 is 15.0 Å². The van der Waals surface area contributed by atoms with Crippen LogP contribution in [0.2, 0.25) is 5.02 Å². The van der Waals surface area contributed by atoms with Crippen molar-refractivity contribution in [3.63, 3.8) is 0 Å². The number of aromatic nitrogens is 1. The van der Waals surface area contributed by atoms with Crippen LogP contribution in [0.4, 0.5) is 5.82 Å². The van der Waals surface area contributed by atoms with Crippen molar-refractivity contribution in [2.75, 3.05) is 44.7 Å². The van der Waals surface area contributed by atoms with Crippen molar-refractivity contribution in [1.29, 1.82) is 0 Å². The standard InChI is InChI=1S/C16H27ClN4O3/c1-12-11-20-16(14(17)13(12)15(18)24)19-5-2-6-21(7-3-9-22)8-4-10-23/h11,22-23H,2-10H2,1H3,(H2,18,24)(H,19,20). The Bertz CT molecular complexity index is 520. The smallest absolute Gasteiger partial charge is 0.250 e. The van der Waals surface area contributed by atoms with Crippen LogP contribution in [0, 0.1) is 6.92 Å². The number of aliphatic hydroxyl groups excluding tert-OH is 2. The number of amides is 1. The number of hydrogen-bond acceptors (Lipinski definition) is 6. The van der Waals surface area contributed by atoms with Crippen LogP contribution >= 0.6 is 11.6 Å². The predicted octanol–water partition coefficient (Wildman–Crippen LogP) is 1.01. The van der Waals surface area contributed by atoms with E-state index in [1.54, 1.807) is 13.1 Å². The number of aliphatic hydroxyl groups is 2. The molecule has 0 atom stereocenters. The van der Waals surface area contributed by atoms with Gasteiger partial charge < -0.3 is 26.2 Å². The number of carbonyl (C=O) groups is 1. The molecule has 0 aliphatic carbocycles. The van der Waals surface area contributed by atoms with Gasteiger partial charge in [0.2, 0.25) is 0 Å². The summed E-state index contributed by atoms with van der Waals surface area (Å²) in [5, 5.41) is 21.2. The summed E-state index contributed by atoms with van der Waals surface area (Å²) in [5.74, 6) is -0.115. The zero-order chi connectivity index (χ0) is 17.9. The van der Waals surface area contributed by atoms with Crippen molar-refractivity contribution in [3.05, 3.63) is 22.3 Å². The van der Waals surface area contributed by atoms with Gasteiger partial charge in [0.1, 0.15) is 5.82 Å². The molecule has 0 aliphatic heterocycles. The minimum absolute atomic E-state index is 0.159. The molecule has 24 heavy (non-hydrogen) atoms. The lowest BCUT2D eigenvalue weighted by Crippen LogP contribution is -2.29. The number of hydrogen-bond donors (Lipinski definition) is 4. The van der Waals surface area contributed by atoms with E-state index in [0.29, 0.717) is 36.3 Å². The van der Waals surface area contributed by atoms with Gasteiger partial charge in [-0.25, -0.2) is 4.98 Å². The lowest BCUT2D eigenvalue weighted by atomic mass is 10.1. The molecule has 136 valence electrons. The monoisotopic (exact) mass is 358 g/mol. The Morgan fingerprint density at radius 3 is 2.38 bits per heavy atom. The Hall–Kier alpha value is -1.41. The van der Waals surface area contributed by atoms with E-state index in [0.717, 1.165) is 26.1 Å². The van der Waals surface area contributed by atoms with E-state index in [9.17, 15) is 4.79 Å². The first-order chi connectivity index (χ1) is 11.5. The van der Waals surface area contributed by atoms with Gasteiger partial charge in [0, 0.05) is 39.0 Å². The summed E-state index contributed by atoms with van der Waals surface area (Å²) in [5.41, 5.74) is 6.29. The Balaban J connectivity index is 2.51. The van der Waals surface area contributed by atoms with Gasteiger partial charge in [0.15, 0.2) is 0 Å². The second-order valence-electron chi connectivity index (χ2n) is 5.62. The average molecular weight is 359 g/mol. The number of halogens is 1. The molecule has 0 saturated heterocycles. The SMILES string of the molecule is Cc1cnc(NCCCN(CCCO)CCCO)c(Cl)c1C(N)=O. The number of anilines is 1. The van der Waals surface area contributed by atoms with Crippen LogP contribution in [0.3, 0.4) is 0 Å². The maximum atomic E-state index is 11.4. The third-order valence-corrected chi connectivity index (χ3v) is 4.03. The van der Waals surface area contributed by atoms with Gasteiger partial charge in [-0.3, -0.25) is 4.79 Å². The summed E-state index contributed by atoms with van der Waals surface area (Å²) in [4.78, 5) is 17.9. The van der Waals surface area contributed by atoms with E-state index in [1.807, 2.05) is 0 Å². The molecule has 0 aromatic carbocycles. The average Bonchev–Trinajstić information content (AvgIpc) is 2.54. The van der Waals surface area contributed by atoms with E-state index in [2.05, 4.69) is 15.2 Å². The largest absolute Gasteiger partial charge is 0.396 e. The number of nitrogens with two attached hydrogens (primary N) is 1. The second-order valence-corrected chi connectivity index (χ2v) is 6.00. The fourth-order valence-electron chi connectivity index (χ4n) is 2.43. The highest BCUT2D eigenvalue weighted by Crippen LogP contribution is 2.25. The molecule has 0 saturated carbocycles. The summed E-state index contributed by atoms with van der Waals surface area (Å²) in [7, 11) is 0. The quantitative estimate of drug-likeness (QED) is 0.415. The molecule has 0 radical (unpaired) electrons. The van der Waals surface area contributed by atoms with Gasteiger partial charge in [-0.15, -0.1) is 0 Å². The number of nitrogens with one attached hydrogen (secondary N) is 1. The molecule has 0 fully saturated rings. The molecule has 1 amide bonds. The molecule has 1 aromatic heterocycles. The van der Waals surface area contributed by atoms with Gasteiger partial charge >= 0.3 is 0 Å². The minimum atomic E-state index is -0.567. The molecule has 5 N–H and O–H groups in total. The van der Waals surface area contributed by atoms with E-state index in [4.69, 9.17) is 27.5 Å². The summed E-state index contributed by atoms with van der Waals surface area (Å²) in [6.45, 7) is 5.13. The van der Waals surface area contributed by atoms with Crippen LogP contribution in [0.25, 0.3) is 0 Å².